The molecule has 0 atom stereocenters. The molecule has 0 bridgehead atoms. The molecule has 5 heteroatoms. The monoisotopic (exact) mass is 149 g/mol. The topological polar surface area (TPSA) is 83.6 Å². The lowest BCUT2D eigenvalue weighted by atomic mass is 10.0. The minimum atomic E-state index is -1.54. The molecular formula is C5H11NO4. The lowest BCUT2D eigenvalue weighted by molar-refractivity contribution is -0.577. The third-order valence-corrected chi connectivity index (χ3v) is 1.63. The van der Waals surface area contributed by atoms with Crippen molar-refractivity contribution in [1.82, 2.24) is 0 Å². The van der Waals surface area contributed by atoms with Gasteiger partial charge in [0.25, 0.3) is 5.54 Å². The highest BCUT2D eigenvalue weighted by Gasteiger charge is 2.39. The maximum absolute atomic E-state index is 10.2. The maximum atomic E-state index is 10.2. The van der Waals surface area contributed by atoms with Gasteiger partial charge in [-0.2, -0.15) is 0 Å². The van der Waals surface area contributed by atoms with Crippen LogP contribution in [0.3, 0.4) is 0 Å². The van der Waals surface area contributed by atoms with E-state index < -0.39 is 23.7 Å². The van der Waals surface area contributed by atoms with Gasteiger partial charge in [0.15, 0.2) is 0 Å². The smallest absolute Gasteiger partial charge is 0.267 e. The summed E-state index contributed by atoms with van der Waals surface area (Å²) in [7, 11) is 0. The Morgan fingerprint density at radius 1 is 1.50 bits per heavy atom. The van der Waals surface area contributed by atoms with E-state index >= 15 is 0 Å². The molecule has 0 unspecified atom stereocenters. The molecular weight excluding hydrogens is 138 g/mol. The Morgan fingerprint density at radius 2 is 1.90 bits per heavy atom. The second-order valence-electron chi connectivity index (χ2n) is 2.15. The van der Waals surface area contributed by atoms with Gasteiger partial charge in [-0.15, -0.1) is 0 Å². The van der Waals surface area contributed by atoms with Crippen LogP contribution in [-0.2, 0) is 0 Å². The Kier molecular flexibility index (Phi) is 3.24. The minimum absolute atomic E-state index is 0.132. The molecule has 5 nitrogen and oxygen atoms in total. The number of nitrogens with zero attached hydrogens (tertiary/aromatic N) is 1. The molecule has 0 radical (unpaired) electrons. The Bertz CT molecular complexity index is 113. The summed E-state index contributed by atoms with van der Waals surface area (Å²) in [5, 5.41) is 27.3. The van der Waals surface area contributed by atoms with Crippen LogP contribution in [0.4, 0.5) is 0 Å². The van der Waals surface area contributed by atoms with Crippen molar-refractivity contribution >= 4 is 0 Å². The average molecular weight is 149 g/mol. The zero-order valence-electron chi connectivity index (χ0n) is 5.78. The van der Waals surface area contributed by atoms with Gasteiger partial charge in [-0.1, -0.05) is 6.92 Å². The highest BCUT2D eigenvalue weighted by molar-refractivity contribution is 4.74. The molecule has 0 heterocycles. The predicted molar refractivity (Wildman–Crippen MR) is 34.2 cm³/mol. The van der Waals surface area contributed by atoms with Gasteiger partial charge in [0.05, 0.1) is 0 Å². The Labute approximate surface area is 58.4 Å². The normalized spacial score (nSPS) is 11.5. The van der Waals surface area contributed by atoms with E-state index in [-0.39, 0.29) is 6.42 Å². The number of aliphatic hydroxyl groups excluding tert-OH is 2. The fraction of sp³-hybridized carbons (Fsp3) is 1.00. The first-order valence-corrected chi connectivity index (χ1v) is 2.99. The fourth-order valence-electron chi connectivity index (χ4n) is 0.518. The van der Waals surface area contributed by atoms with E-state index in [4.69, 9.17) is 10.2 Å². The van der Waals surface area contributed by atoms with Crippen molar-refractivity contribution < 1.29 is 15.1 Å². The second-order valence-corrected chi connectivity index (χ2v) is 2.15. The lowest BCUT2D eigenvalue weighted by Crippen LogP contribution is -2.45. The number of aliphatic hydroxyl groups is 2. The summed E-state index contributed by atoms with van der Waals surface area (Å²) in [5.41, 5.74) is -1.54. The number of rotatable bonds is 4. The summed E-state index contributed by atoms with van der Waals surface area (Å²) in [6, 6.07) is 0. The van der Waals surface area contributed by atoms with E-state index in [9.17, 15) is 10.1 Å². The molecule has 2 N–H and O–H groups in total. The molecule has 60 valence electrons. The zero-order valence-corrected chi connectivity index (χ0v) is 5.78. The summed E-state index contributed by atoms with van der Waals surface area (Å²) in [6.45, 7) is 0.315. The van der Waals surface area contributed by atoms with Crippen LogP contribution >= 0.6 is 0 Å². The number of hydrogen-bond donors (Lipinski definition) is 2. The first-order chi connectivity index (χ1) is 4.63. The highest BCUT2D eigenvalue weighted by atomic mass is 16.6. The highest BCUT2D eigenvalue weighted by Crippen LogP contribution is 2.12. The van der Waals surface area contributed by atoms with Crippen LogP contribution in [0.2, 0.25) is 0 Å². The van der Waals surface area contributed by atoms with Gasteiger partial charge >= 0.3 is 0 Å². The summed E-state index contributed by atoms with van der Waals surface area (Å²) >= 11 is 0. The van der Waals surface area contributed by atoms with E-state index in [0.717, 1.165) is 0 Å². The van der Waals surface area contributed by atoms with E-state index in [1.54, 1.807) is 6.92 Å². The maximum Gasteiger partial charge on any atom is 0.267 e. The first kappa shape index (κ1) is 9.32. The molecule has 0 fully saturated rings. The minimum Gasteiger partial charge on any atom is -0.389 e. The fourth-order valence-corrected chi connectivity index (χ4v) is 0.518. The summed E-state index contributed by atoms with van der Waals surface area (Å²) in [5.74, 6) is 0. The van der Waals surface area contributed by atoms with E-state index in [1.165, 1.54) is 0 Å². The van der Waals surface area contributed by atoms with Crippen LogP contribution in [0.5, 0.6) is 0 Å². The average Bonchev–Trinajstić information content (AvgIpc) is 1.92. The van der Waals surface area contributed by atoms with Gasteiger partial charge in [0.2, 0.25) is 0 Å². The SMILES string of the molecule is CCC(CO)(CO)[N+](=O)[O-]. The molecule has 0 saturated carbocycles. The number of hydrogen-bond acceptors (Lipinski definition) is 4. The number of nitro groups is 1. The predicted octanol–water partition coefficient (Wildman–Crippen LogP) is -0.603. The van der Waals surface area contributed by atoms with Crippen LogP contribution < -0.4 is 0 Å². The van der Waals surface area contributed by atoms with Gasteiger partial charge in [-0.25, -0.2) is 0 Å². The standard InChI is InChI=1S/C5H11NO4/c1-2-5(3-7,4-8)6(9)10/h7-8H,2-4H2,1H3. The second kappa shape index (κ2) is 3.48. The third kappa shape index (κ3) is 1.43. The third-order valence-electron chi connectivity index (χ3n) is 1.63. The molecule has 10 heavy (non-hydrogen) atoms. The molecule has 0 rings (SSSR count). The van der Waals surface area contributed by atoms with Crippen molar-refractivity contribution in [1.29, 1.82) is 0 Å². The molecule has 0 aliphatic carbocycles. The van der Waals surface area contributed by atoms with Crippen LogP contribution in [0.15, 0.2) is 0 Å². The van der Waals surface area contributed by atoms with Crippen molar-refractivity contribution in [3.05, 3.63) is 10.1 Å². The Morgan fingerprint density at radius 3 is 1.90 bits per heavy atom. The molecule has 0 aromatic carbocycles. The molecule has 0 aromatic rings. The van der Waals surface area contributed by atoms with Crippen molar-refractivity contribution in [3.63, 3.8) is 0 Å². The largest absolute Gasteiger partial charge is 0.389 e. The van der Waals surface area contributed by atoms with Gasteiger partial charge < -0.3 is 10.2 Å². The summed E-state index contributed by atoms with van der Waals surface area (Å²) < 4.78 is 0. The van der Waals surface area contributed by atoms with Crippen molar-refractivity contribution in [2.24, 2.45) is 0 Å². The van der Waals surface area contributed by atoms with Gasteiger partial charge in [0, 0.05) is 11.3 Å². The van der Waals surface area contributed by atoms with Crippen molar-refractivity contribution in [2.75, 3.05) is 13.2 Å². The van der Waals surface area contributed by atoms with E-state index in [1.807, 2.05) is 0 Å². The summed E-state index contributed by atoms with van der Waals surface area (Å²) in [4.78, 5) is 9.55. The molecule has 0 aromatic heterocycles. The van der Waals surface area contributed by atoms with Gasteiger partial charge in [-0.05, 0) is 0 Å². The quantitative estimate of drug-likeness (QED) is 0.413. The van der Waals surface area contributed by atoms with Crippen molar-refractivity contribution in [3.8, 4) is 0 Å². The Balaban J connectivity index is 4.31. The summed E-state index contributed by atoms with van der Waals surface area (Å²) in [6.07, 6.45) is 0.132. The van der Waals surface area contributed by atoms with Crippen LogP contribution in [0.1, 0.15) is 13.3 Å². The Hall–Kier alpha value is -0.680. The van der Waals surface area contributed by atoms with Crippen LogP contribution in [0, 0.1) is 10.1 Å². The molecule has 0 aliphatic heterocycles. The molecule has 0 aliphatic rings. The molecule has 0 spiro atoms. The van der Waals surface area contributed by atoms with Gasteiger partial charge in [-0.3, -0.25) is 10.1 Å². The van der Waals surface area contributed by atoms with Gasteiger partial charge in [0.1, 0.15) is 13.2 Å². The van der Waals surface area contributed by atoms with E-state index in [0.29, 0.717) is 0 Å². The van der Waals surface area contributed by atoms with Crippen molar-refractivity contribution in [2.45, 2.75) is 18.9 Å². The molecule has 0 saturated heterocycles. The first-order valence-electron chi connectivity index (χ1n) is 2.99. The lowest BCUT2D eigenvalue weighted by Gasteiger charge is -2.17. The zero-order chi connectivity index (χ0) is 8.20. The van der Waals surface area contributed by atoms with Crippen LogP contribution in [-0.4, -0.2) is 33.9 Å². The van der Waals surface area contributed by atoms with E-state index in [2.05, 4.69) is 0 Å². The molecule has 0 amide bonds. The van der Waals surface area contributed by atoms with Crippen LogP contribution in [0.25, 0.3) is 0 Å².